The molecule has 0 saturated carbocycles. The maximum absolute atomic E-state index is 12.8. The molecular weight excluding hydrogens is 772 g/mol. The van der Waals surface area contributed by atoms with Crippen molar-refractivity contribution in [2.75, 3.05) is 66.1 Å². The van der Waals surface area contributed by atoms with Crippen molar-refractivity contribution < 1.29 is 85.7 Å². The number of carbonyl (C=O) groups is 8. The van der Waals surface area contributed by atoms with Crippen LogP contribution in [0.15, 0.2) is 75.9 Å². The lowest BCUT2D eigenvalue weighted by molar-refractivity contribution is -0.146. The Morgan fingerprint density at radius 3 is 0.966 bits per heavy atom. The van der Waals surface area contributed by atoms with E-state index >= 15 is 0 Å². The Bertz CT molecular complexity index is 1320. The minimum absolute atomic E-state index is 0.123. The summed E-state index contributed by atoms with van der Waals surface area (Å²) >= 11 is 0. The molecule has 0 spiro atoms. The Morgan fingerprint density at radius 1 is 0.448 bits per heavy atom. The zero-order valence-corrected chi connectivity index (χ0v) is 32.7. The van der Waals surface area contributed by atoms with Crippen molar-refractivity contribution in [3.05, 3.63) is 75.9 Å². The van der Waals surface area contributed by atoms with Gasteiger partial charge >= 0.3 is 48.0 Å². The van der Waals surface area contributed by atoms with E-state index in [0.717, 1.165) is 36.5 Å². The molecule has 0 aliphatic heterocycles. The van der Waals surface area contributed by atoms with Crippen molar-refractivity contribution in [2.24, 2.45) is 0 Å². The van der Waals surface area contributed by atoms with Crippen LogP contribution in [-0.2, 0) is 76.1 Å². The second-order valence-electron chi connectivity index (χ2n) is 12.2. The van der Waals surface area contributed by atoms with Crippen LogP contribution < -0.4 is 10.6 Å². The van der Waals surface area contributed by atoms with Gasteiger partial charge in [-0.2, -0.15) is 0 Å². The highest BCUT2D eigenvalue weighted by atomic mass is 16.6. The fraction of sp³-hybridized carbons (Fsp3) is 0.474. The van der Waals surface area contributed by atoms with Crippen LogP contribution in [0.1, 0.15) is 26.7 Å². The highest BCUT2D eigenvalue weighted by molar-refractivity contribution is 5.83. The summed E-state index contributed by atoms with van der Waals surface area (Å²) in [7, 11) is 0. The molecule has 0 rings (SSSR count). The smallest absolute Gasteiger partial charge is 0.408 e. The van der Waals surface area contributed by atoms with Crippen molar-refractivity contribution in [1.82, 2.24) is 10.6 Å². The molecule has 0 aliphatic carbocycles. The molecule has 2 unspecified atom stereocenters. The van der Waals surface area contributed by atoms with Gasteiger partial charge in [-0.1, -0.05) is 39.5 Å². The van der Waals surface area contributed by atoms with Gasteiger partial charge in [0, 0.05) is 49.7 Å². The molecule has 2 N–H and O–H groups in total. The number of unbranched alkanes of at least 4 members (excludes halogenated alkanes) is 1. The van der Waals surface area contributed by atoms with Gasteiger partial charge in [0.2, 0.25) is 0 Å². The molecule has 2 atom stereocenters. The summed E-state index contributed by atoms with van der Waals surface area (Å²) in [6, 6.07) is 0. The first-order valence-corrected chi connectivity index (χ1v) is 17.4. The van der Waals surface area contributed by atoms with Crippen LogP contribution in [0.3, 0.4) is 0 Å². The fourth-order valence-corrected chi connectivity index (χ4v) is 3.78. The van der Waals surface area contributed by atoms with Crippen LogP contribution in [0.25, 0.3) is 0 Å². The van der Waals surface area contributed by atoms with Crippen molar-refractivity contribution in [1.29, 1.82) is 0 Å². The third-order valence-corrected chi connectivity index (χ3v) is 6.74. The predicted octanol–water partition coefficient (Wildman–Crippen LogP) is 1.88. The van der Waals surface area contributed by atoms with Crippen LogP contribution in [0.4, 0.5) is 9.59 Å². The van der Waals surface area contributed by atoms with Crippen molar-refractivity contribution in [3.63, 3.8) is 0 Å². The monoisotopic (exact) mass is 824 g/mol. The van der Waals surface area contributed by atoms with Crippen molar-refractivity contribution >= 4 is 48.0 Å². The minimum atomic E-state index is -1.46. The number of carbonyl (C=O) groups excluding carboxylic acids is 8. The molecule has 0 aromatic rings. The van der Waals surface area contributed by atoms with E-state index in [1.54, 1.807) is 0 Å². The van der Waals surface area contributed by atoms with Gasteiger partial charge in [0.15, 0.2) is 12.2 Å². The topological polar surface area (TPSA) is 253 Å². The number of alkyl carbamates (subject to hydrolysis) is 2. The molecule has 322 valence electrons. The highest BCUT2D eigenvalue weighted by Crippen LogP contribution is 2.11. The van der Waals surface area contributed by atoms with E-state index in [0.29, 0.717) is 12.8 Å². The Balaban J connectivity index is 5.27. The molecule has 0 fully saturated rings. The van der Waals surface area contributed by atoms with Gasteiger partial charge < -0.3 is 58.0 Å². The van der Waals surface area contributed by atoms with E-state index in [4.69, 9.17) is 47.4 Å². The molecule has 0 heterocycles. The van der Waals surface area contributed by atoms with Gasteiger partial charge in [-0.3, -0.25) is 0 Å². The molecule has 0 aromatic heterocycles. The zero-order valence-electron chi connectivity index (χ0n) is 32.7. The van der Waals surface area contributed by atoms with Gasteiger partial charge in [0.05, 0.1) is 13.2 Å². The summed E-state index contributed by atoms with van der Waals surface area (Å²) in [4.78, 5) is 95.5. The minimum Gasteiger partial charge on any atom is -0.460 e. The van der Waals surface area contributed by atoms with Gasteiger partial charge in [0.1, 0.15) is 50.7 Å². The van der Waals surface area contributed by atoms with Crippen LogP contribution >= 0.6 is 0 Å². The van der Waals surface area contributed by atoms with E-state index in [2.05, 4.69) is 50.1 Å². The number of ether oxygens (including phenoxy) is 10. The predicted molar refractivity (Wildman–Crippen MR) is 201 cm³/mol. The first-order valence-electron chi connectivity index (χ1n) is 17.4. The van der Waals surface area contributed by atoms with Crippen LogP contribution in [-0.4, -0.2) is 137 Å². The molecule has 0 aliphatic rings. The summed E-state index contributed by atoms with van der Waals surface area (Å²) in [5, 5.41) is 4.91. The molecule has 0 aromatic carbocycles. The Morgan fingerprint density at radius 2 is 0.707 bits per heavy atom. The second kappa shape index (κ2) is 29.0. The maximum Gasteiger partial charge on any atom is 0.408 e. The highest BCUT2D eigenvalue weighted by Gasteiger charge is 2.33. The second-order valence-corrected chi connectivity index (χ2v) is 12.2. The summed E-state index contributed by atoms with van der Waals surface area (Å²) in [5.74, 6) is -4.78. The Labute approximate surface area is 336 Å². The zero-order chi connectivity index (χ0) is 44.0. The average Bonchev–Trinajstić information content (AvgIpc) is 3.21. The average molecular weight is 825 g/mol. The first kappa shape index (κ1) is 51.7. The quantitative estimate of drug-likeness (QED) is 0.0438. The first-order chi connectivity index (χ1) is 27.5. The van der Waals surface area contributed by atoms with Gasteiger partial charge in [0.25, 0.3) is 0 Å². The SMILES string of the molecule is C=CC(=O)OCC(COCCCCOCC(COC(=O)C=C)OC(=O)NC(C)(COC(=O)C=C)COC(=O)C=C)OC(=O)NC(C)(COC(=O)C=C)COC(=O)C=C. The number of hydrogen-bond acceptors (Lipinski definition) is 18. The van der Waals surface area contributed by atoms with Crippen molar-refractivity contribution in [2.45, 2.75) is 50.0 Å². The van der Waals surface area contributed by atoms with E-state index in [1.807, 2.05) is 0 Å². The number of rotatable bonds is 31. The summed E-state index contributed by atoms with van der Waals surface area (Å²) in [6.07, 6.45) is 1.91. The van der Waals surface area contributed by atoms with Crippen LogP contribution in [0.2, 0.25) is 0 Å². The lowest BCUT2D eigenvalue weighted by atomic mass is 10.1. The van der Waals surface area contributed by atoms with E-state index in [1.165, 1.54) is 13.8 Å². The standard InChI is InChI=1S/C38H52N2O18/c1-9-29(41)51-21-27(57-35(47)39-37(7,23-53-31(43)11-3)24-54-32(44)12-4)19-49-17-15-16-18-50-20-28(22-52-30(42)10-2)58-36(48)40-38(8,25-55-33(45)13-5)26-56-34(46)14-6/h9-14,27-28H,1-6,15-26H2,7-8H3,(H,39,47)(H,40,48). The number of hydrogen-bond donors (Lipinski definition) is 2. The van der Waals surface area contributed by atoms with Gasteiger partial charge in [-0.25, -0.2) is 38.4 Å². The molecule has 58 heavy (non-hydrogen) atoms. The van der Waals surface area contributed by atoms with E-state index < -0.39 is 111 Å². The third kappa shape index (κ3) is 25.0. The number of amides is 2. The Hall–Kier alpha value is -6.28. The number of esters is 6. The van der Waals surface area contributed by atoms with E-state index in [9.17, 15) is 38.4 Å². The van der Waals surface area contributed by atoms with Crippen LogP contribution in [0, 0.1) is 0 Å². The normalized spacial score (nSPS) is 11.7. The Kier molecular flexibility index (Phi) is 25.9. The van der Waals surface area contributed by atoms with E-state index in [-0.39, 0.29) is 26.4 Å². The molecule has 20 nitrogen and oxygen atoms in total. The third-order valence-electron chi connectivity index (χ3n) is 6.74. The fourth-order valence-electron chi connectivity index (χ4n) is 3.78. The van der Waals surface area contributed by atoms with Crippen LogP contribution in [0.5, 0.6) is 0 Å². The lowest BCUT2D eigenvalue weighted by Gasteiger charge is -2.30. The largest absolute Gasteiger partial charge is 0.460 e. The van der Waals surface area contributed by atoms with Crippen molar-refractivity contribution in [3.8, 4) is 0 Å². The summed E-state index contributed by atoms with van der Waals surface area (Å²) < 4.78 is 52.0. The lowest BCUT2D eigenvalue weighted by Crippen LogP contribution is -2.54. The molecular formula is C38H52N2O18. The molecule has 0 radical (unpaired) electrons. The molecule has 20 heteroatoms. The van der Waals surface area contributed by atoms with Gasteiger partial charge in [-0.15, -0.1) is 0 Å². The maximum atomic E-state index is 12.8. The molecule has 0 bridgehead atoms. The van der Waals surface area contributed by atoms with Gasteiger partial charge in [-0.05, 0) is 26.7 Å². The summed E-state index contributed by atoms with van der Waals surface area (Å²) in [6.45, 7) is 19.8. The number of nitrogens with one attached hydrogen (secondary N) is 2. The molecule has 0 saturated heterocycles. The molecule has 2 amide bonds. The summed E-state index contributed by atoms with van der Waals surface area (Å²) in [5.41, 5.74) is -2.91.